The number of carbonyl (C=O) groups excluding carboxylic acids is 1. The molecule has 0 radical (unpaired) electrons. The molecule has 3 heteroatoms. The summed E-state index contributed by atoms with van der Waals surface area (Å²) in [6, 6.07) is 5.66. The van der Waals surface area contributed by atoms with Crippen molar-refractivity contribution >= 4 is 6.29 Å². The van der Waals surface area contributed by atoms with Crippen LogP contribution in [0.5, 0.6) is 0 Å². The summed E-state index contributed by atoms with van der Waals surface area (Å²) in [5.41, 5.74) is 0.507. The normalized spacial score (nSPS) is 12.5. The number of hydrogen-bond donors (Lipinski definition) is 1. The molecule has 1 aromatic carbocycles. The van der Waals surface area contributed by atoms with Gasteiger partial charge in [-0.3, -0.25) is 0 Å². The summed E-state index contributed by atoms with van der Waals surface area (Å²) in [6.45, 7) is -0.285. The van der Waals surface area contributed by atoms with Crippen LogP contribution in [0.4, 0.5) is 4.39 Å². The fourth-order valence-corrected chi connectivity index (χ4v) is 0.964. The zero-order valence-corrected chi connectivity index (χ0v) is 6.40. The van der Waals surface area contributed by atoms with Gasteiger partial charge in [-0.25, -0.2) is 4.39 Å². The molecule has 0 saturated heterocycles. The van der Waals surface area contributed by atoms with Crippen LogP contribution in [0.3, 0.4) is 0 Å². The van der Waals surface area contributed by atoms with Gasteiger partial charge >= 0.3 is 0 Å². The van der Waals surface area contributed by atoms with Crippen molar-refractivity contribution in [1.29, 1.82) is 0 Å². The van der Waals surface area contributed by atoms with Crippen LogP contribution < -0.4 is 0 Å². The van der Waals surface area contributed by atoms with E-state index in [-0.39, 0.29) is 6.61 Å². The van der Waals surface area contributed by atoms with E-state index in [0.29, 0.717) is 11.8 Å². The van der Waals surface area contributed by atoms with E-state index in [4.69, 9.17) is 5.11 Å². The summed E-state index contributed by atoms with van der Waals surface area (Å²) in [4.78, 5) is 10.4. The lowest BCUT2D eigenvalue weighted by Crippen LogP contribution is -2.05. The smallest absolute Gasteiger partial charge is 0.129 e. The highest BCUT2D eigenvalue weighted by Gasteiger charge is 2.08. The molecule has 0 heterocycles. The van der Waals surface area contributed by atoms with Crippen LogP contribution in [0.2, 0.25) is 0 Å². The minimum absolute atomic E-state index is 0.285. The number of aldehydes is 1. The molecular weight excluding hydrogens is 159 g/mol. The highest BCUT2D eigenvalue weighted by atomic mass is 19.1. The van der Waals surface area contributed by atoms with E-state index >= 15 is 0 Å². The molecule has 1 unspecified atom stereocenters. The second-order valence-corrected chi connectivity index (χ2v) is 2.48. The van der Waals surface area contributed by atoms with Gasteiger partial charge in [-0.2, -0.15) is 0 Å². The summed E-state index contributed by atoms with van der Waals surface area (Å²) >= 11 is 0. The SMILES string of the molecule is O=CC(CO)c1cccc(F)c1. The number of halogens is 1. The first-order valence-electron chi connectivity index (χ1n) is 3.59. The molecule has 1 rings (SSSR count). The Morgan fingerprint density at radius 3 is 2.83 bits per heavy atom. The summed E-state index contributed by atoms with van der Waals surface area (Å²) in [5.74, 6) is -1.01. The third-order valence-electron chi connectivity index (χ3n) is 1.64. The van der Waals surface area contributed by atoms with E-state index in [1.807, 2.05) is 0 Å². The van der Waals surface area contributed by atoms with E-state index in [9.17, 15) is 9.18 Å². The summed E-state index contributed by atoms with van der Waals surface area (Å²) in [5, 5.41) is 8.72. The van der Waals surface area contributed by atoms with Crippen molar-refractivity contribution in [1.82, 2.24) is 0 Å². The lowest BCUT2D eigenvalue weighted by Gasteiger charge is -2.05. The summed E-state index contributed by atoms with van der Waals surface area (Å²) in [6.07, 6.45) is 0.606. The Morgan fingerprint density at radius 2 is 2.33 bits per heavy atom. The zero-order valence-electron chi connectivity index (χ0n) is 6.40. The first-order valence-corrected chi connectivity index (χ1v) is 3.59. The lowest BCUT2D eigenvalue weighted by atomic mass is 10.0. The number of rotatable bonds is 3. The van der Waals surface area contributed by atoms with Crippen LogP contribution in [0.1, 0.15) is 11.5 Å². The monoisotopic (exact) mass is 168 g/mol. The Labute approximate surface area is 69.6 Å². The van der Waals surface area contributed by atoms with E-state index in [1.54, 1.807) is 6.07 Å². The number of aliphatic hydroxyl groups is 1. The molecule has 64 valence electrons. The molecule has 0 aliphatic carbocycles. The van der Waals surface area contributed by atoms with Gasteiger partial charge in [-0.15, -0.1) is 0 Å². The van der Waals surface area contributed by atoms with Crippen molar-refractivity contribution in [2.24, 2.45) is 0 Å². The van der Waals surface area contributed by atoms with E-state index < -0.39 is 11.7 Å². The lowest BCUT2D eigenvalue weighted by molar-refractivity contribution is -0.109. The molecule has 0 spiro atoms. The van der Waals surface area contributed by atoms with Crippen LogP contribution in [-0.4, -0.2) is 18.0 Å². The number of hydrogen-bond acceptors (Lipinski definition) is 2. The zero-order chi connectivity index (χ0) is 8.97. The fraction of sp³-hybridized carbons (Fsp3) is 0.222. The summed E-state index contributed by atoms with van der Waals surface area (Å²) in [7, 11) is 0. The van der Waals surface area contributed by atoms with Gasteiger partial charge in [0.15, 0.2) is 0 Å². The Balaban J connectivity index is 2.93. The molecule has 2 nitrogen and oxygen atoms in total. The molecule has 0 aromatic heterocycles. The van der Waals surface area contributed by atoms with Crippen molar-refractivity contribution in [2.45, 2.75) is 5.92 Å². The standard InChI is InChI=1S/C9H9FO2/c10-9-3-1-2-7(4-9)8(5-11)6-12/h1-5,8,12H,6H2. The van der Waals surface area contributed by atoms with Crippen LogP contribution in [-0.2, 0) is 4.79 Å². The first kappa shape index (κ1) is 8.87. The van der Waals surface area contributed by atoms with Gasteiger partial charge < -0.3 is 9.90 Å². The maximum absolute atomic E-state index is 12.6. The van der Waals surface area contributed by atoms with E-state index in [1.165, 1.54) is 18.2 Å². The molecule has 0 aliphatic heterocycles. The van der Waals surface area contributed by atoms with Gasteiger partial charge in [0.05, 0.1) is 12.5 Å². The number of carbonyl (C=O) groups is 1. The molecule has 0 fully saturated rings. The fourth-order valence-electron chi connectivity index (χ4n) is 0.964. The molecule has 12 heavy (non-hydrogen) atoms. The van der Waals surface area contributed by atoms with Gasteiger partial charge in [-0.1, -0.05) is 12.1 Å². The highest BCUT2D eigenvalue weighted by Crippen LogP contribution is 2.13. The topological polar surface area (TPSA) is 37.3 Å². The van der Waals surface area contributed by atoms with Crippen molar-refractivity contribution in [3.05, 3.63) is 35.6 Å². The number of aliphatic hydroxyl groups excluding tert-OH is 1. The molecule has 0 bridgehead atoms. The average Bonchev–Trinajstić information content (AvgIpc) is 2.07. The van der Waals surface area contributed by atoms with Crippen molar-refractivity contribution in [2.75, 3.05) is 6.61 Å². The first-order chi connectivity index (χ1) is 5.77. The minimum atomic E-state index is -0.610. The predicted octanol–water partition coefficient (Wildman–Crippen LogP) is 1.10. The maximum atomic E-state index is 12.6. The van der Waals surface area contributed by atoms with Gasteiger partial charge in [-0.05, 0) is 17.7 Å². The van der Waals surface area contributed by atoms with Crippen molar-refractivity contribution < 1.29 is 14.3 Å². The third kappa shape index (κ3) is 1.89. The Morgan fingerprint density at radius 1 is 1.58 bits per heavy atom. The largest absolute Gasteiger partial charge is 0.395 e. The van der Waals surface area contributed by atoms with Crippen LogP contribution in [0.25, 0.3) is 0 Å². The quantitative estimate of drug-likeness (QED) is 0.686. The van der Waals surface area contributed by atoms with Gasteiger partial charge in [0.2, 0.25) is 0 Å². The van der Waals surface area contributed by atoms with Gasteiger partial charge in [0, 0.05) is 0 Å². The molecule has 0 saturated carbocycles. The molecule has 1 aromatic rings. The van der Waals surface area contributed by atoms with E-state index in [2.05, 4.69) is 0 Å². The predicted molar refractivity (Wildman–Crippen MR) is 42.3 cm³/mol. The Bertz CT molecular complexity index is 273. The minimum Gasteiger partial charge on any atom is -0.395 e. The Hall–Kier alpha value is -1.22. The number of benzene rings is 1. The Kier molecular flexibility index (Phi) is 2.94. The average molecular weight is 168 g/mol. The molecular formula is C9H9FO2. The highest BCUT2D eigenvalue weighted by molar-refractivity contribution is 5.62. The molecule has 1 N–H and O–H groups in total. The van der Waals surface area contributed by atoms with Gasteiger partial charge in [0.1, 0.15) is 12.1 Å². The van der Waals surface area contributed by atoms with E-state index in [0.717, 1.165) is 0 Å². The summed E-state index contributed by atoms with van der Waals surface area (Å²) < 4.78 is 12.6. The second-order valence-electron chi connectivity index (χ2n) is 2.48. The van der Waals surface area contributed by atoms with Crippen LogP contribution in [0, 0.1) is 5.82 Å². The van der Waals surface area contributed by atoms with Crippen molar-refractivity contribution in [3.8, 4) is 0 Å². The van der Waals surface area contributed by atoms with Gasteiger partial charge in [0.25, 0.3) is 0 Å². The molecule has 1 atom stereocenters. The second kappa shape index (κ2) is 3.97. The van der Waals surface area contributed by atoms with Crippen LogP contribution >= 0.6 is 0 Å². The molecule has 0 amide bonds. The third-order valence-corrected chi connectivity index (χ3v) is 1.64. The maximum Gasteiger partial charge on any atom is 0.129 e. The van der Waals surface area contributed by atoms with Crippen molar-refractivity contribution in [3.63, 3.8) is 0 Å². The molecule has 0 aliphatic rings. The van der Waals surface area contributed by atoms with Crippen LogP contribution in [0.15, 0.2) is 24.3 Å².